The van der Waals surface area contributed by atoms with Crippen molar-refractivity contribution < 1.29 is 38.1 Å². The van der Waals surface area contributed by atoms with E-state index in [9.17, 15) is 0 Å². The first-order chi connectivity index (χ1) is 39.1. The molecule has 0 aliphatic carbocycles. The number of hydrogen-bond donors (Lipinski definition) is 0. The van der Waals surface area contributed by atoms with Crippen LogP contribution in [0.1, 0.15) is 91.1 Å². The van der Waals surface area contributed by atoms with Crippen LogP contribution in [0.3, 0.4) is 0 Å². The van der Waals surface area contributed by atoms with Crippen LogP contribution in [0.15, 0.2) is 164 Å². The van der Waals surface area contributed by atoms with Gasteiger partial charge in [0.15, 0.2) is 0 Å². The topological polar surface area (TPSA) is 35.2 Å². The van der Waals surface area contributed by atoms with Crippen molar-refractivity contribution in [3.05, 3.63) is 199 Å². The van der Waals surface area contributed by atoms with Gasteiger partial charge in [-0.05, 0) is 123 Å². The average molecular weight is 1180 g/mol. The van der Waals surface area contributed by atoms with Gasteiger partial charge in [-0.2, -0.15) is 12.1 Å². The zero-order valence-corrected chi connectivity index (χ0v) is 46.5. The van der Waals surface area contributed by atoms with Crippen molar-refractivity contribution in [2.24, 2.45) is 0 Å². The SMILES string of the molecule is [2H]C([2H])([2H])C(c1cc(-c2cccc3c4ccccc4c4ccccc4c4ccc5c6c4n(c23)[CH-]N6c2[c-]c(Oc3[c-]c4c(cc3)c3ccccc3n4-c3cc(C(C)(C)C)ccn3)ccc2[Si]5(C)C)cc(C(C)(C)C)c1)(C([2H])([2H])[2H])C([2H])([2H])[2H].[Pt]. The van der Waals surface area contributed by atoms with Gasteiger partial charge in [-0.3, -0.25) is 0 Å². The minimum Gasteiger partial charge on any atom is -0.509 e. The fourth-order valence-electron chi connectivity index (χ4n) is 11.6. The summed E-state index contributed by atoms with van der Waals surface area (Å²) in [6.45, 7) is 8.88. The van der Waals surface area contributed by atoms with Crippen LogP contribution in [0, 0.1) is 18.8 Å². The molecule has 0 amide bonds. The van der Waals surface area contributed by atoms with E-state index in [0.29, 0.717) is 28.2 Å². The normalized spacial score (nSPS) is 16.2. The van der Waals surface area contributed by atoms with Crippen molar-refractivity contribution in [3.8, 4) is 28.4 Å². The molecule has 0 bridgehead atoms. The van der Waals surface area contributed by atoms with E-state index in [1.165, 1.54) is 22.9 Å². The predicted molar refractivity (Wildman–Crippen MR) is 315 cm³/mol. The maximum atomic E-state index is 8.85. The Labute approximate surface area is 469 Å². The van der Waals surface area contributed by atoms with Gasteiger partial charge < -0.3 is 18.8 Å². The van der Waals surface area contributed by atoms with Crippen LogP contribution in [-0.4, -0.2) is 22.2 Å². The number of fused-ring (bicyclic) bond motifs is 12. The van der Waals surface area contributed by atoms with E-state index in [4.69, 9.17) is 22.1 Å². The first-order valence-electron chi connectivity index (χ1n) is 29.9. The molecule has 7 heteroatoms. The van der Waals surface area contributed by atoms with E-state index < -0.39 is 39.5 Å². The van der Waals surface area contributed by atoms with E-state index in [2.05, 4.69) is 158 Å². The monoisotopic (exact) mass is 1180 g/mol. The second-order valence-corrected chi connectivity index (χ2v) is 27.0. The standard InChI is InChI=1S/C68H61N4OSi.Pt/c1-66(2,3)43-33-34-69-62(38-43)72-57-26-17-16-23-53(57)54-29-27-46(39-58(54)72)73-47-28-31-60-59(40-47)70-41-71-63-48(42-35-44(67(4,5)6)37-45(36-42)68(7,8)9)24-18-25-55(63)51-21-14-12-19-49(51)50-20-13-15-22-52(50)56-30-32-61(74(60,10)11)65(70)64(56)71;/h12-38,41H,1-11H3;/q-3;/i4D3,5D3,6D3;. The summed E-state index contributed by atoms with van der Waals surface area (Å²) in [5, 5.41) is 10.3. The van der Waals surface area contributed by atoms with Crippen molar-refractivity contribution in [3.63, 3.8) is 0 Å². The number of hydrogen-bond acceptors (Lipinski definition) is 3. The molecule has 13 rings (SSSR count). The Morgan fingerprint density at radius 3 is 1.80 bits per heavy atom. The molecule has 0 saturated carbocycles. The third-order valence-electron chi connectivity index (χ3n) is 15.5. The third kappa shape index (κ3) is 7.73. The molecule has 0 saturated heterocycles. The van der Waals surface area contributed by atoms with E-state index in [1.54, 1.807) is 0 Å². The summed E-state index contributed by atoms with van der Waals surface area (Å²) in [7, 11) is -2.57. The van der Waals surface area contributed by atoms with Gasteiger partial charge in [-0.1, -0.05) is 207 Å². The molecule has 3 aromatic heterocycles. The number of rotatable bonds is 4. The van der Waals surface area contributed by atoms with E-state index in [-0.39, 0.29) is 32.0 Å². The van der Waals surface area contributed by atoms with Crippen LogP contribution in [0.4, 0.5) is 11.4 Å². The van der Waals surface area contributed by atoms with Gasteiger partial charge in [0.25, 0.3) is 0 Å². The van der Waals surface area contributed by atoms with Crippen molar-refractivity contribution in [2.45, 2.75) is 91.4 Å². The van der Waals surface area contributed by atoms with Crippen LogP contribution in [-0.2, 0) is 37.3 Å². The third-order valence-corrected chi connectivity index (χ3v) is 19.0. The van der Waals surface area contributed by atoms with E-state index >= 15 is 0 Å². The van der Waals surface area contributed by atoms with Gasteiger partial charge >= 0.3 is 0 Å². The van der Waals surface area contributed by atoms with E-state index in [1.807, 2.05) is 81.6 Å². The molecule has 8 aromatic carbocycles. The smallest absolute Gasteiger partial charge is 0.135 e. The minimum absolute atomic E-state index is 0. The Morgan fingerprint density at radius 1 is 0.547 bits per heavy atom. The van der Waals surface area contributed by atoms with Crippen molar-refractivity contribution in [2.75, 3.05) is 4.90 Å². The molecule has 0 fully saturated rings. The molecule has 5 heterocycles. The molecule has 376 valence electrons. The van der Waals surface area contributed by atoms with Gasteiger partial charge in [0.2, 0.25) is 0 Å². The first-order valence-corrected chi connectivity index (χ1v) is 28.4. The average Bonchev–Trinajstić information content (AvgIpc) is 1.31. The first kappa shape index (κ1) is 39.3. The molecule has 0 N–H and O–H groups in total. The van der Waals surface area contributed by atoms with Gasteiger partial charge in [-0.15, -0.1) is 34.8 Å². The molecule has 0 unspecified atom stereocenters. The molecule has 0 spiro atoms. The molecular formula is C68H61N4OPtSi-3. The van der Waals surface area contributed by atoms with Crippen LogP contribution < -0.4 is 20.0 Å². The van der Waals surface area contributed by atoms with Crippen molar-refractivity contribution in [1.82, 2.24) is 14.1 Å². The van der Waals surface area contributed by atoms with Crippen molar-refractivity contribution in [1.29, 1.82) is 0 Å². The fraction of sp³-hybridized carbons (Fsp3) is 0.206. The largest absolute Gasteiger partial charge is 0.509 e. The van der Waals surface area contributed by atoms with Crippen LogP contribution in [0.2, 0.25) is 13.1 Å². The van der Waals surface area contributed by atoms with Gasteiger partial charge in [0.1, 0.15) is 5.82 Å². The molecule has 11 aromatic rings. The Hall–Kier alpha value is -7.11. The summed E-state index contributed by atoms with van der Waals surface area (Å²) in [5.74, 6) is 1.81. The Balaban J connectivity index is 0.00000694. The Morgan fingerprint density at radius 2 is 1.12 bits per heavy atom. The number of ether oxygens (including phenoxy) is 1. The fourth-order valence-corrected chi connectivity index (χ4v) is 14.5. The number of nitrogens with zero attached hydrogens (tertiary/aromatic N) is 4. The van der Waals surface area contributed by atoms with Crippen LogP contribution in [0.5, 0.6) is 11.5 Å². The summed E-state index contributed by atoms with van der Waals surface area (Å²) in [5.41, 5.74) is 3.91. The zero-order chi connectivity index (χ0) is 58.7. The summed E-state index contributed by atoms with van der Waals surface area (Å²) < 4.78 is 90.9. The number of benzene rings is 8. The molecule has 0 atom stereocenters. The van der Waals surface area contributed by atoms with Crippen LogP contribution in [0.25, 0.3) is 82.1 Å². The number of anilines is 2. The number of para-hydroxylation sites is 2. The summed E-state index contributed by atoms with van der Waals surface area (Å²) in [4.78, 5) is 7.12. The minimum atomic E-state index is -3.47. The molecule has 0 radical (unpaired) electrons. The quantitative estimate of drug-likeness (QED) is 0.130. The second-order valence-electron chi connectivity index (χ2n) is 22.7. The molecular weight excluding hydrogens is 1110 g/mol. The van der Waals surface area contributed by atoms with Gasteiger partial charge in [0, 0.05) is 56.6 Å². The maximum absolute atomic E-state index is 8.85. The molecule has 75 heavy (non-hydrogen) atoms. The molecule has 2 aliphatic heterocycles. The molecule has 2 aliphatic rings. The summed E-state index contributed by atoms with van der Waals surface area (Å²) >= 11 is 0. The molecule has 5 nitrogen and oxygen atoms in total. The van der Waals surface area contributed by atoms with E-state index in [0.717, 1.165) is 87.5 Å². The maximum Gasteiger partial charge on any atom is 0.135 e. The predicted octanol–water partition coefficient (Wildman–Crippen LogP) is 16.9. The number of aromatic nitrogens is 3. The van der Waals surface area contributed by atoms with Gasteiger partial charge in [0.05, 0.1) is 8.07 Å². The zero-order valence-electron chi connectivity index (χ0n) is 52.2. The number of pyridine rings is 1. The Kier molecular flexibility index (Phi) is 9.02. The second kappa shape index (κ2) is 17.2. The van der Waals surface area contributed by atoms with Crippen molar-refractivity contribution >= 4 is 95.0 Å². The summed E-state index contributed by atoms with van der Waals surface area (Å²) in [6.07, 6.45) is 1.87. The van der Waals surface area contributed by atoms with Gasteiger partial charge in [-0.25, -0.2) is 4.98 Å². The van der Waals surface area contributed by atoms with Crippen LogP contribution >= 0.6 is 0 Å². The Bertz CT molecular complexity index is 4580. The summed E-state index contributed by atoms with van der Waals surface area (Å²) in [6, 6.07) is 60.5.